The minimum atomic E-state index is -4.61. The first-order valence-corrected chi connectivity index (χ1v) is 2.68. The first kappa shape index (κ1) is 30.3. The van der Waals surface area contributed by atoms with Crippen LogP contribution in [0, 0.1) is 0 Å². The Morgan fingerprint density at radius 1 is 1.00 bits per heavy atom. The molecule has 0 aromatic heterocycles. The smallest absolute Gasteiger partial charge is 1.00 e. The predicted molar refractivity (Wildman–Crippen MR) is 31.4 cm³/mol. The molecule has 4 nitrogen and oxygen atoms in total. The Labute approximate surface area is 102 Å². The van der Waals surface area contributed by atoms with Crippen LogP contribution in [0.2, 0.25) is 0 Å². The van der Waals surface area contributed by atoms with E-state index in [0.29, 0.717) is 0 Å². The molecule has 0 saturated heterocycles. The van der Waals surface area contributed by atoms with Crippen molar-refractivity contribution in [2.45, 2.75) is 0 Å². The molecule has 0 aromatic rings. The Morgan fingerprint density at radius 2 is 1.00 bits per heavy atom. The second-order valence-electron chi connectivity index (χ2n) is 0.600. The van der Waals surface area contributed by atoms with E-state index in [4.69, 9.17) is 19.2 Å². The fourth-order valence-corrected chi connectivity index (χ4v) is 0. The molecule has 9 heteroatoms. The van der Waals surface area contributed by atoms with Gasteiger partial charge in [0.2, 0.25) is 0 Å². The minimum absolute atomic E-state index is 0. The third kappa shape index (κ3) is 140. The molecule has 4 N–H and O–H groups in total. The van der Waals surface area contributed by atoms with Crippen LogP contribution < -0.4 is 18.9 Å². The summed E-state index contributed by atoms with van der Waals surface area (Å²) in [4.78, 5) is 29.3. The van der Waals surface area contributed by atoms with Gasteiger partial charge in [0, 0.05) is 27.9 Å². The van der Waals surface area contributed by atoms with E-state index in [1.165, 1.54) is 0 Å². The van der Waals surface area contributed by atoms with Crippen molar-refractivity contribution >= 4 is 43.7 Å². The molecule has 3 radical (unpaired) electrons. The molecule has 0 aliphatic rings. The molecule has 0 spiro atoms. The molecule has 0 heterocycles. The zero-order valence-electron chi connectivity index (χ0n) is 6.28. The summed E-state index contributed by atoms with van der Waals surface area (Å²) in [6.07, 6.45) is 0. The maximum atomic E-state index is 7.33. The van der Waals surface area contributed by atoms with Crippen LogP contribution >= 0.6 is 0 Å². The van der Waals surface area contributed by atoms with Crippen molar-refractivity contribution in [1.82, 2.24) is 0 Å². The van der Waals surface area contributed by atoms with Gasteiger partial charge in [-0.15, -0.1) is 0 Å². The molecule has 47 valence electrons. The summed E-state index contributed by atoms with van der Waals surface area (Å²) in [5, 5.41) is 0. The fraction of sp³-hybridized carbons (Fsp3) is 0. The van der Waals surface area contributed by atoms with E-state index in [0.717, 1.165) is 0 Å². The molecule has 0 aliphatic heterocycles. The average Bonchev–Trinajstić information content (AvgIpc) is 0.722. The van der Waals surface area contributed by atoms with Crippen molar-refractivity contribution in [2.75, 3.05) is 0 Å². The van der Waals surface area contributed by atoms with Crippen LogP contribution in [0.4, 0.5) is 0 Å². The summed E-state index contributed by atoms with van der Waals surface area (Å²) in [5.41, 5.74) is 0. The molecular weight excluding hydrogens is 384 g/mol. The summed E-state index contributed by atoms with van der Waals surface area (Å²) >= 11 is 0. The summed E-state index contributed by atoms with van der Waals surface area (Å²) in [6, 6.07) is 0. The summed E-state index contributed by atoms with van der Waals surface area (Å²) in [7, 11) is -4.61. The van der Waals surface area contributed by atoms with Gasteiger partial charge in [-0.3, -0.25) is 0 Å². The predicted octanol–water partition coefficient (Wildman–Crippen LogP) is -7.06. The molecule has 0 amide bonds. The maximum Gasteiger partial charge on any atom is 1.00 e. The van der Waals surface area contributed by atoms with E-state index in [-0.39, 0.29) is 74.4 Å². The third-order valence-corrected chi connectivity index (χ3v) is 0. The van der Waals surface area contributed by atoms with Crippen molar-refractivity contribution in [3.63, 3.8) is 0 Å². The Kier molecular flexibility index (Phi) is 43.3. The van der Waals surface area contributed by atoms with Gasteiger partial charge < -0.3 is 20.6 Å². The minimum Gasteiger partial charge on any atom is -1.00 e. The summed E-state index contributed by atoms with van der Waals surface area (Å²) in [5.74, 6) is 0. The van der Waals surface area contributed by atoms with Crippen molar-refractivity contribution in [1.29, 1.82) is 0 Å². The number of hydrogen-bond acceptors (Lipinski definition) is 4. The standard InChI is InChI=1S/B.Bi.Li.H4O4Si.Zn.4H/c;;;1-5(2,3)4;;;;;/h;;;1-4H;;;;;/q;;+1;;;;;;-1. The zero-order valence-corrected chi connectivity index (χ0v) is 14.7. The van der Waals surface area contributed by atoms with Gasteiger partial charge in [-0.2, -0.15) is 0 Å². The van der Waals surface area contributed by atoms with Crippen molar-refractivity contribution < 1.29 is 58.9 Å². The number of hydrogen-bond donors (Lipinski definition) is 4. The van der Waals surface area contributed by atoms with Crippen LogP contribution in [0.3, 0.4) is 0 Å². The molecule has 0 atom stereocenters. The van der Waals surface area contributed by atoms with Crippen LogP contribution in [0.25, 0.3) is 0 Å². The molecule has 0 rings (SSSR count). The molecular formula is H8BBiLiO4SiZn. The van der Waals surface area contributed by atoms with E-state index < -0.39 is 9.05 Å². The van der Waals surface area contributed by atoms with E-state index in [2.05, 4.69) is 0 Å². The van der Waals surface area contributed by atoms with Crippen LogP contribution in [-0.2, 0) is 19.5 Å². The first-order chi connectivity index (χ1) is 2.00. The van der Waals surface area contributed by atoms with Gasteiger partial charge in [-0.25, -0.2) is 0 Å². The van der Waals surface area contributed by atoms with Crippen molar-refractivity contribution in [2.24, 2.45) is 0 Å². The van der Waals surface area contributed by atoms with E-state index in [1.54, 1.807) is 0 Å². The quantitative estimate of drug-likeness (QED) is 0.309. The Hall–Kier alpha value is 2.23. The second-order valence-corrected chi connectivity index (χ2v) is 1.80. The monoisotopic (exact) mass is 391 g/mol. The Balaban J connectivity index is -0.00000000800. The molecule has 9 heavy (non-hydrogen) atoms. The van der Waals surface area contributed by atoms with Gasteiger partial charge in [0.05, 0.1) is 0 Å². The van der Waals surface area contributed by atoms with Gasteiger partial charge in [0.1, 0.15) is 0 Å². The first-order valence-electron chi connectivity index (χ1n) is 0.894. The SMILES string of the molecule is O[Si](O)(O)O.[B].[BiH3].[H-].[Li+].[Zn]. The van der Waals surface area contributed by atoms with Crippen LogP contribution in [0.1, 0.15) is 1.43 Å². The Morgan fingerprint density at radius 3 is 1.00 bits per heavy atom. The van der Waals surface area contributed by atoms with Crippen molar-refractivity contribution in [3.05, 3.63) is 0 Å². The fourth-order valence-electron chi connectivity index (χ4n) is 0. The molecule has 0 unspecified atom stereocenters. The molecule has 0 bridgehead atoms. The van der Waals surface area contributed by atoms with Crippen LogP contribution in [0.15, 0.2) is 0 Å². The Bertz CT molecular complexity index is 40.7. The molecule has 0 aliphatic carbocycles. The van der Waals surface area contributed by atoms with Gasteiger partial charge >= 0.3 is 54.1 Å². The van der Waals surface area contributed by atoms with E-state index in [9.17, 15) is 0 Å². The molecule has 0 fully saturated rings. The third-order valence-electron chi connectivity index (χ3n) is 0. The molecule has 0 saturated carbocycles. The van der Waals surface area contributed by atoms with Gasteiger partial charge in [-0.1, -0.05) is 0 Å². The van der Waals surface area contributed by atoms with Crippen molar-refractivity contribution in [3.8, 4) is 0 Å². The topological polar surface area (TPSA) is 80.9 Å². The van der Waals surface area contributed by atoms with E-state index in [1.807, 2.05) is 0 Å². The maximum absolute atomic E-state index is 7.33. The van der Waals surface area contributed by atoms with Gasteiger partial charge in [0.25, 0.3) is 0 Å². The summed E-state index contributed by atoms with van der Waals surface area (Å²) < 4.78 is 0. The van der Waals surface area contributed by atoms with Crippen LogP contribution in [-0.4, -0.2) is 62.8 Å². The number of rotatable bonds is 0. The zero-order chi connectivity index (χ0) is 4.50. The van der Waals surface area contributed by atoms with Crippen LogP contribution in [0.5, 0.6) is 0 Å². The largest absolute Gasteiger partial charge is 1.00 e. The average molecular weight is 392 g/mol. The van der Waals surface area contributed by atoms with E-state index >= 15 is 0 Å². The second kappa shape index (κ2) is 12.9. The molecule has 0 aromatic carbocycles. The summed E-state index contributed by atoms with van der Waals surface area (Å²) in [6.45, 7) is 0. The van der Waals surface area contributed by atoms with Gasteiger partial charge in [0.15, 0.2) is 0 Å². The normalized spacial score (nSPS) is 6.67. The van der Waals surface area contributed by atoms with Gasteiger partial charge in [-0.05, 0) is 0 Å².